The quantitative estimate of drug-likeness (QED) is 0.461. The lowest BCUT2D eigenvalue weighted by molar-refractivity contribution is 0.158. The number of unbranched alkanes of at least 4 members (excludes halogenated alkanes) is 4. The largest absolute Gasteiger partial charge is 0.377 e. The molecule has 0 spiro atoms. The zero-order valence-electron chi connectivity index (χ0n) is 11.1. The van der Waals surface area contributed by atoms with Crippen molar-refractivity contribution < 1.29 is 4.74 Å². The molecule has 0 radical (unpaired) electrons. The van der Waals surface area contributed by atoms with E-state index in [1.165, 1.54) is 38.5 Å². The Morgan fingerprint density at radius 1 is 1.06 bits per heavy atom. The van der Waals surface area contributed by atoms with E-state index in [0.717, 1.165) is 19.6 Å². The molecule has 94 valence electrons. The summed E-state index contributed by atoms with van der Waals surface area (Å²) in [5, 5.41) is 0. The Morgan fingerprint density at radius 3 is 2.38 bits per heavy atom. The Bertz CT molecular complexity index is 162. The number of allylic oxidation sites excluding steroid dienone is 2. The predicted octanol–water partition coefficient (Wildman–Crippen LogP) is 4.89. The van der Waals surface area contributed by atoms with Crippen LogP contribution in [0.1, 0.15) is 58.8 Å². The summed E-state index contributed by atoms with van der Waals surface area (Å²) in [4.78, 5) is 0. The van der Waals surface area contributed by atoms with Crippen LogP contribution in [0.2, 0.25) is 0 Å². The Kier molecular flexibility index (Phi) is 13.9. The fourth-order valence-electron chi connectivity index (χ4n) is 1.46. The molecule has 0 fully saturated rings. The molecular formula is C15H28O. The first-order valence-corrected chi connectivity index (χ1v) is 6.79. The highest BCUT2D eigenvalue weighted by Crippen LogP contribution is 2.02. The third-order valence-electron chi connectivity index (χ3n) is 2.44. The normalized spacial score (nSPS) is 14.9. The summed E-state index contributed by atoms with van der Waals surface area (Å²) in [6.45, 7) is 6.17. The van der Waals surface area contributed by atoms with Gasteiger partial charge in [-0.25, -0.2) is 0 Å². The molecule has 0 aromatic rings. The lowest BCUT2D eigenvalue weighted by Crippen LogP contribution is -1.96. The van der Waals surface area contributed by atoms with Crippen molar-refractivity contribution in [2.45, 2.75) is 58.8 Å². The average Bonchev–Trinajstić information content (AvgIpc) is 2.37. The second kappa shape index (κ2) is 14.4. The molecule has 1 heteroatoms. The van der Waals surface area contributed by atoms with E-state index < -0.39 is 0 Å². The number of rotatable bonds is 6. The average molecular weight is 224 g/mol. The van der Waals surface area contributed by atoms with Crippen LogP contribution in [0.3, 0.4) is 0 Å². The zero-order valence-corrected chi connectivity index (χ0v) is 11.1. The van der Waals surface area contributed by atoms with Crippen molar-refractivity contribution in [2.24, 2.45) is 0 Å². The second-order valence-electron chi connectivity index (χ2n) is 4.06. The van der Waals surface area contributed by atoms with Crippen molar-refractivity contribution in [3.05, 3.63) is 24.3 Å². The van der Waals surface area contributed by atoms with Crippen LogP contribution in [-0.2, 0) is 4.74 Å². The minimum absolute atomic E-state index is 0.819. The summed E-state index contributed by atoms with van der Waals surface area (Å²) >= 11 is 0. The Balaban J connectivity index is 0.000000315. The van der Waals surface area contributed by atoms with Gasteiger partial charge in [-0.3, -0.25) is 0 Å². The van der Waals surface area contributed by atoms with E-state index in [2.05, 4.69) is 32.1 Å². The van der Waals surface area contributed by atoms with Crippen LogP contribution < -0.4 is 0 Å². The van der Waals surface area contributed by atoms with E-state index in [0.29, 0.717) is 0 Å². The van der Waals surface area contributed by atoms with Gasteiger partial charge in [0.05, 0.1) is 13.2 Å². The third-order valence-corrected chi connectivity index (χ3v) is 2.44. The van der Waals surface area contributed by atoms with Crippen molar-refractivity contribution in [1.82, 2.24) is 0 Å². The lowest BCUT2D eigenvalue weighted by Gasteiger charge is -2.00. The van der Waals surface area contributed by atoms with E-state index in [-0.39, 0.29) is 0 Å². The van der Waals surface area contributed by atoms with Gasteiger partial charge in [-0.05, 0) is 25.7 Å². The highest BCUT2D eigenvalue weighted by Gasteiger charge is 1.86. The van der Waals surface area contributed by atoms with E-state index in [9.17, 15) is 0 Å². The molecule has 0 unspecified atom stereocenters. The first-order valence-electron chi connectivity index (χ1n) is 6.79. The minimum atomic E-state index is 0.819. The molecule has 0 aliphatic carbocycles. The van der Waals surface area contributed by atoms with Gasteiger partial charge in [-0.2, -0.15) is 0 Å². The summed E-state index contributed by atoms with van der Waals surface area (Å²) in [7, 11) is 0. The van der Waals surface area contributed by atoms with Crippen LogP contribution >= 0.6 is 0 Å². The van der Waals surface area contributed by atoms with Crippen LogP contribution in [0.15, 0.2) is 24.3 Å². The molecule has 1 aliphatic heterocycles. The lowest BCUT2D eigenvalue weighted by atomic mass is 10.1. The van der Waals surface area contributed by atoms with Crippen molar-refractivity contribution in [2.75, 3.05) is 13.2 Å². The Labute approximate surface area is 102 Å². The molecule has 1 rings (SSSR count). The Hall–Kier alpha value is -0.560. The summed E-state index contributed by atoms with van der Waals surface area (Å²) in [6.07, 6.45) is 17.8. The molecule has 1 heterocycles. The maximum atomic E-state index is 4.98. The van der Waals surface area contributed by atoms with Gasteiger partial charge < -0.3 is 4.74 Å². The molecule has 0 bridgehead atoms. The van der Waals surface area contributed by atoms with Crippen LogP contribution in [0.25, 0.3) is 0 Å². The van der Waals surface area contributed by atoms with E-state index >= 15 is 0 Å². The summed E-state index contributed by atoms with van der Waals surface area (Å²) in [5.74, 6) is 0. The van der Waals surface area contributed by atoms with Gasteiger partial charge in [0.15, 0.2) is 0 Å². The molecule has 0 saturated heterocycles. The minimum Gasteiger partial charge on any atom is -0.377 e. The van der Waals surface area contributed by atoms with Gasteiger partial charge in [-0.15, -0.1) is 0 Å². The molecule has 0 aromatic heterocycles. The third kappa shape index (κ3) is 13.4. The van der Waals surface area contributed by atoms with E-state index in [1.54, 1.807) is 0 Å². The molecule has 0 N–H and O–H groups in total. The number of hydrogen-bond donors (Lipinski definition) is 0. The van der Waals surface area contributed by atoms with Gasteiger partial charge in [-0.1, -0.05) is 57.4 Å². The summed E-state index contributed by atoms with van der Waals surface area (Å²) in [6, 6.07) is 0. The van der Waals surface area contributed by atoms with Crippen molar-refractivity contribution in [3.8, 4) is 0 Å². The maximum absolute atomic E-state index is 4.98. The number of ether oxygens (including phenoxy) is 1. The molecule has 1 aliphatic rings. The highest BCUT2D eigenvalue weighted by molar-refractivity contribution is 4.84. The maximum Gasteiger partial charge on any atom is 0.0647 e. The molecular weight excluding hydrogens is 196 g/mol. The first kappa shape index (κ1) is 15.4. The Morgan fingerprint density at radius 2 is 1.94 bits per heavy atom. The summed E-state index contributed by atoms with van der Waals surface area (Å²) in [5.41, 5.74) is 0. The van der Waals surface area contributed by atoms with Gasteiger partial charge in [0.2, 0.25) is 0 Å². The van der Waals surface area contributed by atoms with Gasteiger partial charge in [0, 0.05) is 0 Å². The monoisotopic (exact) mass is 224 g/mol. The second-order valence-corrected chi connectivity index (χ2v) is 4.06. The van der Waals surface area contributed by atoms with Crippen molar-refractivity contribution in [1.29, 1.82) is 0 Å². The first-order chi connectivity index (χ1) is 7.91. The molecule has 0 saturated carbocycles. The standard InChI is InChI=1S/C10H20.C5H8O/c1-3-5-7-9-10-8-6-4-2;1-2-4-6-5-3-1/h5,7H,3-4,6,8-10H2,1-2H3;1-2H,3-5H2/b7-5-;. The predicted molar refractivity (Wildman–Crippen MR) is 72.8 cm³/mol. The molecule has 0 atom stereocenters. The van der Waals surface area contributed by atoms with Gasteiger partial charge in [0.25, 0.3) is 0 Å². The van der Waals surface area contributed by atoms with Gasteiger partial charge in [0.1, 0.15) is 0 Å². The van der Waals surface area contributed by atoms with Crippen molar-refractivity contribution >= 4 is 0 Å². The van der Waals surface area contributed by atoms with E-state index in [4.69, 9.17) is 4.74 Å². The van der Waals surface area contributed by atoms with Gasteiger partial charge >= 0.3 is 0 Å². The molecule has 0 aromatic carbocycles. The zero-order chi connectivity index (χ0) is 11.9. The van der Waals surface area contributed by atoms with Crippen molar-refractivity contribution in [3.63, 3.8) is 0 Å². The van der Waals surface area contributed by atoms with Crippen LogP contribution in [0.4, 0.5) is 0 Å². The highest BCUT2D eigenvalue weighted by atomic mass is 16.5. The van der Waals surface area contributed by atoms with Crippen LogP contribution in [0, 0.1) is 0 Å². The number of hydrogen-bond acceptors (Lipinski definition) is 1. The smallest absolute Gasteiger partial charge is 0.0647 e. The molecule has 1 nitrogen and oxygen atoms in total. The fraction of sp³-hybridized carbons (Fsp3) is 0.733. The summed E-state index contributed by atoms with van der Waals surface area (Å²) < 4.78 is 4.98. The van der Waals surface area contributed by atoms with Crippen LogP contribution in [0.5, 0.6) is 0 Å². The SMILES string of the molecule is C1=CCOCC1.CC/C=C\CCCCCC. The topological polar surface area (TPSA) is 9.23 Å². The van der Waals surface area contributed by atoms with Crippen LogP contribution in [-0.4, -0.2) is 13.2 Å². The molecule has 16 heavy (non-hydrogen) atoms. The molecule has 0 amide bonds. The van der Waals surface area contributed by atoms with E-state index in [1.807, 2.05) is 6.08 Å². The fourth-order valence-corrected chi connectivity index (χ4v) is 1.46.